The van der Waals surface area contributed by atoms with Crippen molar-refractivity contribution in [1.29, 1.82) is 0 Å². The number of aliphatic hydroxyl groups is 2. The Bertz CT molecular complexity index is 1040. The van der Waals surface area contributed by atoms with Crippen molar-refractivity contribution in [3.05, 3.63) is 48.6 Å². The number of esters is 1. The molecule has 58 heavy (non-hydrogen) atoms. The predicted octanol–water partition coefficient (Wildman–Crippen LogP) is 13.4. The maximum atomic E-state index is 12.7. The zero-order valence-electron chi connectivity index (χ0n) is 37.3. The molecule has 0 aliphatic carbocycles. The summed E-state index contributed by atoms with van der Waals surface area (Å²) in [5.74, 6) is -0.389. The van der Waals surface area contributed by atoms with Crippen LogP contribution in [0.5, 0.6) is 0 Å². The van der Waals surface area contributed by atoms with E-state index in [2.05, 4.69) is 62.5 Å². The summed E-state index contributed by atoms with van der Waals surface area (Å²) in [6.07, 6.45) is 50.6. The van der Waals surface area contributed by atoms with Crippen LogP contribution < -0.4 is 0 Å². The molecule has 0 aromatic heterocycles. The molecule has 0 saturated heterocycles. The van der Waals surface area contributed by atoms with E-state index in [4.69, 9.17) is 23.6 Å². The van der Waals surface area contributed by atoms with Crippen LogP contribution in [-0.2, 0) is 27.9 Å². The van der Waals surface area contributed by atoms with Gasteiger partial charge in [0.1, 0.15) is 12.2 Å². The first kappa shape index (κ1) is 56.4. The molecule has 9 nitrogen and oxygen atoms in total. The fourth-order valence-electron chi connectivity index (χ4n) is 6.36. The van der Waals surface area contributed by atoms with Crippen molar-refractivity contribution in [2.24, 2.45) is 0 Å². The van der Waals surface area contributed by atoms with Gasteiger partial charge < -0.3 is 24.6 Å². The van der Waals surface area contributed by atoms with Crippen LogP contribution in [0.1, 0.15) is 206 Å². The summed E-state index contributed by atoms with van der Waals surface area (Å²) in [5, 5.41) is 18.4. The van der Waals surface area contributed by atoms with Crippen LogP contribution in [0, 0.1) is 0 Å². The summed E-state index contributed by atoms with van der Waals surface area (Å²) < 4.78 is 33.5. The van der Waals surface area contributed by atoms with Crippen molar-refractivity contribution in [1.82, 2.24) is 0 Å². The average molecular weight is 841 g/mol. The van der Waals surface area contributed by atoms with E-state index < -0.39 is 33.2 Å². The third kappa shape index (κ3) is 44.0. The summed E-state index contributed by atoms with van der Waals surface area (Å²) in [6, 6.07) is 0. The minimum absolute atomic E-state index is 0.0432. The number of carbonyl (C=O) groups excluding carboxylic acids is 1. The van der Waals surface area contributed by atoms with Gasteiger partial charge in [-0.05, 0) is 77.0 Å². The van der Waals surface area contributed by atoms with Crippen molar-refractivity contribution in [2.45, 2.75) is 219 Å². The van der Waals surface area contributed by atoms with Crippen molar-refractivity contribution in [3.8, 4) is 0 Å². The van der Waals surface area contributed by atoms with Gasteiger partial charge in [-0.3, -0.25) is 13.8 Å². The van der Waals surface area contributed by atoms with Crippen LogP contribution in [-0.4, -0.2) is 66.3 Å². The number of phosphoric acid groups is 1. The molecular weight excluding hydrogens is 751 g/mol. The molecule has 0 amide bonds. The lowest BCUT2D eigenvalue weighted by atomic mass is 10.1. The zero-order valence-corrected chi connectivity index (χ0v) is 38.2. The van der Waals surface area contributed by atoms with Crippen LogP contribution >= 0.6 is 7.82 Å². The largest absolute Gasteiger partial charge is 0.472 e. The minimum atomic E-state index is -4.52. The topological polar surface area (TPSA) is 132 Å². The highest BCUT2D eigenvalue weighted by molar-refractivity contribution is 7.47. The minimum Gasteiger partial charge on any atom is -0.457 e. The van der Waals surface area contributed by atoms with Gasteiger partial charge in [0, 0.05) is 13.0 Å². The standard InChI is InChI=1S/C48H89O9P/c1-3-5-7-9-11-13-15-17-19-21-23-24-26-28-30-32-34-36-38-40-48(51)57-47(45-56-58(52,53)55-43-46(50)42-49)44-54-41-39-37-35-33-31-29-27-25-22-20-18-16-14-12-10-8-6-4-2/h11-14,17-20,46-47,49-50H,3-10,15-16,21-45H2,1-2H3,(H,52,53)/b13-11-,14-12-,19-17-,20-18-. The number of ether oxygens (including phenoxy) is 2. The quantitative estimate of drug-likeness (QED) is 0.0237. The number of carbonyl (C=O) groups is 1. The summed E-state index contributed by atoms with van der Waals surface area (Å²) in [5.41, 5.74) is 0. The lowest BCUT2D eigenvalue weighted by Crippen LogP contribution is -2.29. The Hall–Kier alpha value is -1.58. The number of hydrogen-bond donors (Lipinski definition) is 3. The fourth-order valence-corrected chi connectivity index (χ4v) is 7.15. The Morgan fingerprint density at radius 1 is 0.534 bits per heavy atom. The molecule has 0 aliphatic heterocycles. The molecule has 3 unspecified atom stereocenters. The van der Waals surface area contributed by atoms with Crippen LogP contribution in [0.4, 0.5) is 0 Å². The molecule has 0 spiro atoms. The second-order valence-electron chi connectivity index (χ2n) is 15.8. The van der Waals surface area contributed by atoms with Gasteiger partial charge in [0.05, 0.1) is 26.4 Å². The van der Waals surface area contributed by atoms with E-state index in [0.29, 0.717) is 6.61 Å². The lowest BCUT2D eigenvalue weighted by molar-refractivity contribution is -0.154. The molecular formula is C48H89O9P. The van der Waals surface area contributed by atoms with Gasteiger partial charge in [-0.1, -0.05) is 172 Å². The van der Waals surface area contributed by atoms with Gasteiger partial charge in [-0.15, -0.1) is 0 Å². The molecule has 0 fully saturated rings. The third-order valence-electron chi connectivity index (χ3n) is 9.99. The van der Waals surface area contributed by atoms with Crippen LogP contribution in [0.2, 0.25) is 0 Å². The SMILES string of the molecule is CCCCC/C=C\C/C=C\CCCCCCCCCCCC(=O)OC(COCCCCCCCCCC/C=C\C/C=C\CCCCC)COP(=O)(O)OCC(O)CO. The van der Waals surface area contributed by atoms with Crippen molar-refractivity contribution >= 4 is 13.8 Å². The number of allylic oxidation sites excluding steroid dienone is 8. The third-order valence-corrected chi connectivity index (χ3v) is 10.9. The van der Waals surface area contributed by atoms with Crippen LogP contribution in [0.25, 0.3) is 0 Å². The molecule has 0 aliphatic rings. The normalized spacial score (nSPS) is 14.4. The fraction of sp³-hybridized carbons (Fsp3) is 0.812. The number of rotatable bonds is 45. The van der Waals surface area contributed by atoms with Crippen LogP contribution in [0.3, 0.4) is 0 Å². The van der Waals surface area contributed by atoms with Gasteiger partial charge in [-0.25, -0.2) is 4.57 Å². The second-order valence-corrected chi connectivity index (χ2v) is 17.2. The summed E-state index contributed by atoms with van der Waals surface area (Å²) in [6.45, 7) is 3.47. The molecule has 340 valence electrons. The predicted molar refractivity (Wildman–Crippen MR) is 242 cm³/mol. The van der Waals surface area contributed by atoms with E-state index in [1.807, 2.05) is 0 Å². The van der Waals surface area contributed by atoms with Gasteiger partial charge in [-0.2, -0.15) is 0 Å². The molecule has 0 heterocycles. The van der Waals surface area contributed by atoms with E-state index >= 15 is 0 Å². The number of phosphoric ester groups is 1. The van der Waals surface area contributed by atoms with E-state index in [1.54, 1.807) is 0 Å². The molecule has 0 bridgehead atoms. The monoisotopic (exact) mass is 841 g/mol. The number of unbranched alkanes of at least 4 members (excludes halogenated alkanes) is 23. The first-order chi connectivity index (χ1) is 28.3. The smallest absolute Gasteiger partial charge is 0.457 e. The van der Waals surface area contributed by atoms with E-state index in [0.717, 1.165) is 70.6 Å². The highest BCUT2D eigenvalue weighted by Crippen LogP contribution is 2.43. The number of hydrogen-bond acceptors (Lipinski definition) is 8. The first-order valence-electron chi connectivity index (χ1n) is 23.6. The Morgan fingerprint density at radius 3 is 1.38 bits per heavy atom. The molecule has 0 aromatic rings. The van der Waals surface area contributed by atoms with Crippen molar-refractivity contribution in [3.63, 3.8) is 0 Å². The Labute approximate surface area is 356 Å². The first-order valence-corrected chi connectivity index (χ1v) is 25.1. The highest BCUT2D eigenvalue weighted by Gasteiger charge is 2.26. The van der Waals surface area contributed by atoms with Gasteiger partial charge >= 0.3 is 13.8 Å². The lowest BCUT2D eigenvalue weighted by Gasteiger charge is -2.20. The molecule has 0 aromatic carbocycles. The number of aliphatic hydroxyl groups excluding tert-OH is 2. The molecule has 3 N–H and O–H groups in total. The average Bonchev–Trinajstić information content (AvgIpc) is 3.21. The summed E-state index contributed by atoms with van der Waals surface area (Å²) in [7, 11) is -4.52. The summed E-state index contributed by atoms with van der Waals surface area (Å²) in [4.78, 5) is 22.6. The van der Waals surface area contributed by atoms with Gasteiger partial charge in [0.2, 0.25) is 0 Å². The van der Waals surface area contributed by atoms with E-state index in [-0.39, 0.29) is 25.6 Å². The molecule has 0 radical (unpaired) electrons. The Balaban J connectivity index is 4.14. The van der Waals surface area contributed by atoms with E-state index in [9.17, 15) is 19.4 Å². The summed E-state index contributed by atoms with van der Waals surface area (Å²) >= 11 is 0. The Kier molecular flexibility index (Phi) is 43.7. The maximum absolute atomic E-state index is 12.7. The van der Waals surface area contributed by atoms with E-state index in [1.165, 1.54) is 116 Å². The maximum Gasteiger partial charge on any atom is 0.472 e. The second kappa shape index (κ2) is 45.0. The Morgan fingerprint density at radius 2 is 0.931 bits per heavy atom. The molecule has 10 heteroatoms. The van der Waals surface area contributed by atoms with Gasteiger partial charge in [0.15, 0.2) is 0 Å². The zero-order chi connectivity index (χ0) is 42.5. The molecule has 3 atom stereocenters. The van der Waals surface area contributed by atoms with Gasteiger partial charge in [0.25, 0.3) is 0 Å². The molecule has 0 saturated carbocycles. The highest BCUT2D eigenvalue weighted by atomic mass is 31.2. The van der Waals surface area contributed by atoms with Crippen molar-refractivity contribution in [2.75, 3.05) is 33.0 Å². The molecule has 0 rings (SSSR count). The van der Waals surface area contributed by atoms with Crippen molar-refractivity contribution < 1.29 is 43.0 Å². The van der Waals surface area contributed by atoms with Crippen LogP contribution in [0.15, 0.2) is 48.6 Å².